The number of esters is 1. The first-order chi connectivity index (χ1) is 13.2. The van der Waals surface area contributed by atoms with Crippen molar-refractivity contribution in [1.29, 1.82) is 0 Å². The second-order valence-corrected chi connectivity index (χ2v) is 7.54. The van der Waals surface area contributed by atoms with Gasteiger partial charge in [-0.1, -0.05) is 45.0 Å². The molecule has 2 aromatic rings. The molecule has 0 saturated carbocycles. The second kappa shape index (κ2) is 8.91. The molecule has 28 heavy (non-hydrogen) atoms. The number of hydrogen-bond donors (Lipinski definition) is 0. The van der Waals surface area contributed by atoms with E-state index in [1.54, 1.807) is 37.3 Å². The summed E-state index contributed by atoms with van der Waals surface area (Å²) < 4.78 is 16.1. The summed E-state index contributed by atoms with van der Waals surface area (Å²) >= 11 is 0. The fraction of sp³-hybridized carbons (Fsp3) is 0.391. The Morgan fingerprint density at radius 3 is 2.11 bits per heavy atom. The molecule has 0 spiro atoms. The first kappa shape index (κ1) is 21.5. The summed E-state index contributed by atoms with van der Waals surface area (Å²) in [6, 6.07) is 12.2. The third-order valence-electron chi connectivity index (χ3n) is 4.39. The van der Waals surface area contributed by atoms with Crippen molar-refractivity contribution < 1.29 is 23.8 Å². The first-order valence-corrected chi connectivity index (χ1v) is 9.34. The van der Waals surface area contributed by atoms with Gasteiger partial charge in [0.2, 0.25) is 5.78 Å². The van der Waals surface area contributed by atoms with Gasteiger partial charge in [-0.05, 0) is 43.0 Å². The van der Waals surface area contributed by atoms with Crippen molar-refractivity contribution in [3.8, 4) is 11.5 Å². The van der Waals surface area contributed by atoms with Gasteiger partial charge in [0.05, 0.1) is 19.3 Å². The van der Waals surface area contributed by atoms with Crippen LogP contribution in [-0.4, -0.2) is 31.6 Å². The summed E-state index contributed by atoms with van der Waals surface area (Å²) in [5, 5.41) is 0. The van der Waals surface area contributed by atoms with E-state index < -0.39 is 12.1 Å². The van der Waals surface area contributed by atoms with Crippen LogP contribution in [-0.2, 0) is 10.2 Å². The SMILES string of the molecule is CCOc1cc(C(=O)O[C@H](C)C(=O)c2ccc(C(C)(C)C)cc2)ccc1OC. The quantitative estimate of drug-likeness (QED) is 0.506. The van der Waals surface area contributed by atoms with Gasteiger partial charge in [0.25, 0.3) is 0 Å². The van der Waals surface area contributed by atoms with Gasteiger partial charge in [-0.25, -0.2) is 4.79 Å². The van der Waals surface area contributed by atoms with Crippen LogP contribution in [0.15, 0.2) is 42.5 Å². The number of Topliss-reactive ketones (excluding diaryl/α,β-unsaturated/α-hetero) is 1. The molecule has 0 heterocycles. The summed E-state index contributed by atoms with van der Waals surface area (Å²) in [6.45, 7) is 10.2. The fourth-order valence-corrected chi connectivity index (χ4v) is 2.72. The maximum Gasteiger partial charge on any atom is 0.338 e. The molecule has 0 N–H and O–H groups in total. The third kappa shape index (κ3) is 5.12. The lowest BCUT2D eigenvalue weighted by Crippen LogP contribution is -2.24. The molecule has 2 rings (SSSR count). The van der Waals surface area contributed by atoms with E-state index in [0.717, 1.165) is 5.56 Å². The van der Waals surface area contributed by atoms with Crippen molar-refractivity contribution in [3.63, 3.8) is 0 Å². The predicted octanol–water partition coefficient (Wildman–Crippen LogP) is 4.82. The molecule has 150 valence electrons. The van der Waals surface area contributed by atoms with Gasteiger partial charge in [-0.15, -0.1) is 0 Å². The van der Waals surface area contributed by atoms with Crippen molar-refractivity contribution in [1.82, 2.24) is 0 Å². The van der Waals surface area contributed by atoms with Gasteiger partial charge >= 0.3 is 5.97 Å². The number of carbonyl (C=O) groups is 2. The summed E-state index contributed by atoms with van der Waals surface area (Å²) in [5.41, 5.74) is 1.95. The largest absolute Gasteiger partial charge is 0.493 e. The molecule has 0 aliphatic rings. The Labute approximate surface area is 166 Å². The maximum absolute atomic E-state index is 12.6. The summed E-state index contributed by atoms with van der Waals surface area (Å²) in [4.78, 5) is 25.1. The molecule has 0 radical (unpaired) electrons. The average Bonchev–Trinajstić information content (AvgIpc) is 2.67. The predicted molar refractivity (Wildman–Crippen MR) is 109 cm³/mol. The zero-order valence-electron chi connectivity index (χ0n) is 17.4. The molecule has 0 saturated heterocycles. The van der Waals surface area contributed by atoms with Crippen molar-refractivity contribution in [2.24, 2.45) is 0 Å². The van der Waals surface area contributed by atoms with Crippen LogP contribution in [0.25, 0.3) is 0 Å². The molecule has 2 aromatic carbocycles. The highest BCUT2D eigenvalue weighted by Crippen LogP contribution is 2.28. The number of hydrogen-bond acceptors (Lipinski definition) is 5. The third-order valence-corrected chi connectivity index (χ3v) is 4.39. The van der Waals surface area contributed by atoms with E-state index in [4.69, 9.17) is 14.2 Å². The van der Waals surface area contributed by atoms with Gasteiger partial charge in [0, 0.05) is 5.56 Å². The highest BCUT2D eigenvalue weighted by atomic mass is 16.5. The summed E-state index contributed by atoms with van der Waals surface area (Å²) in [7, 11) is 1.53. The molecule has 5 heteroatoms. The Balaban J connectivity index is 2.11. The molecular weight excluding hydrogens is 356 g/mol. The first-order valence-electron chi connectivity index (χ1n) is 9.34. The number of methoxy groups -OCH3 is 1. The lowest BCUT2D eigenvalue weighted by molar-refractivity contribution is 0.0318. The standard InChI is InChI=1S/C23H28O5/c1-7-27-20-14-17(10-13-19(20)26-6)22(25)28-15(2)21(24)16-8-11-18(12-9-16)23(3,4)5/h8-15H,7H2,1-6H3/t15-/m1/s1. The van der Waals surface area contributed by atoms with Crippen LogP contribution in [0.1, 0.15) is 60.9 Å². The number of carbonyl (C=O) groups excluding carboxylic acids is 2. The normalized spacial score (nSPS) is 12.2. The highest BCUT2D eigenvalue weighted by molar-refractivity contribution is 6.01. The van der Waals surface area contributed by atoms with Gasteiger partial charge in [0.1, 0.15) is 0 Å². The smallest absolute Gasteiger partial charge is 0.338 e. The Bertz CT molecular complexity index is 831. The minimum Gasteiger partial charge on any atom is -0.493 e. The zero-order valence-corrected chi connectivity index (χ0v) is 17.4. The van der Waals surface area contributed by atoms with Crippen LogP contribution in [0.2, 0.25) is 0 Å². The minimum atomic E-state index is -0.898. The van der Waals surface area contributed by atoms with Crippen LogP contribution in [0.3, 0.4) is 0 Å². The number of benzene rings is 2. The molecule has 5 nitrogen and oxygen atoms in total. The molecular formula is C23H28O5. The molecule has 0 unspecified atom stereocenters. The maximum atomic E-state index is 12.6. The monoisotopic (exact) mass is 384 g/mol. The van der Waals surface area contributed by atoms with Crippen LogP contribution in [0, 0.1) is 0 Å². The lowest BCUT2D eigenvalue weighted by Gasteiger charge is -2.19. The average molecular weight is 384 g/mol. The van der Waals surface area contributed by atoms with E-state index in [0.29, 0.717) is 29.2 Å². The van der Waals surface area contributed by atoms with Crippen LogP contribution >= 0.6 is 0 Å². The van der Waals surface area contributed by atoms with Crippen molar-refractivity contribution in [2.75, 3.05) is 13.7 Å². The number of rotatable bonds is 7. The van der Waals surface area contributed by atoms with E-state index in [-0.39, 0.29) is 11.2 Å². The molecule has 0 bridgehead atoms. The number of ketones is 1. The zero-order chi connectivity index (χ0) is 20.9. The van der Waals surface area contributed by atoms with E-state index in [2.05, 4.69) is 20.8 Å². The number of ether oxygens (including phenoxy) is 3. The van der Waals surface area contributed by atoms with Gasteiger partial charge in [-0.2, -0.15) is 0 Å². The van der Waals surface area contributed by atoms with E-state index >= 15 is 0 Å². The van der Waals surface area contributed by atoms with Crippen molar-refractivity contribution in [2.45, 2.75) is 46.1 Å². The highest BCUT2D eigenvalue weighted by Gasteiger charge is 2.22. The Kier molecular flexibility index (Phi) is 6.84. The van der Waals surface area contributed by atoms with Crippen LogP contribution in [0.4, 0.5) is 0 Å². The van der Waals surface area contributed by atoms with E-state index in [1.807, 2.05) is 19.1 Å². The van der Waals surface area contributed by atoms with Crippen molar-refractivity contribution in [3.05, 3.63) is 59.2 Å². The Morgan fingerprint density at radius 2 is 1.57 bits per heavy atom. The summed E-state index contributed by atoms with van der Waals surface area (Å²) in [5.74, 6) is 0.154. The molecule has 0 aliphatic carbocycles. The fourth-order valence-electron chi connectivity index (χ4n) is 2.72. The van der Waals surface area contributed by atoms with E-state index in [9.17, 15) is 9.59 Å². The van der Waals surface area contributed by atoms with Gasteiger partial charge < -0.3 is 14.2 Å². The lowest BCUT2D eigenvalue weighted by atomic mass is 9.86. The Hall–Kier alpha value is -2.82. The van der Waals surface area contributed by atoms with Crippen LogP contribution < -0.4 is 9.47 Å². The van der Waals surface area contributed by atoms with Gasteiger partial charge in [0.15, 0.2) is 17.6 Å². The molecule has 0 aromatic heterocycles. The van der Waals surface area contributed by atoms with Crippen molar-refractivity contribution >= 4 is 11.8 Å². The Morgan fingerprint density at radius 1 is 0.964 bits per heavy atom. The summed E-state index contributed by atoms with van der Waals surface area (Å²) in [6.07, 6.45) is -0.898. The van der Waals surface area contributed by atoms with Crippen LogP contribution in [0.5, 0.6) is 11.5 Å². The molecule has 0 aliphatic heterocycles. The molecule has 1 atom stereocenters. The molecule has 0 fully saturated rings. The minimum absolute atomic E-state index is 0.00624. The van der Waals surface area contributed by atoms with E-state index in [1.165, 1.54) is 7.11 Å². The second-order valence-electron chi connectivity index (χ2n) is 7.54. The molecule has 0 amide bonds. The topological polar surface area (TPSA) is 61.8 Å². The van der Waals surface area contributed by atoms with Gasteiger partial charge in [-0.3, -0.25) is 4.79 Å².